The van der Waals surface area contributed by atoms with E-state index in [4.69, 9.17) is 28.5 Å². The highest BCUT2D eigenvalue weighted by molar-refractivity contribution is 8.00. The van der Waals surface area contributed by atoms with E-state index in [1.165, 1.54) is 27.3 Å². The molecule has 2 aliphatic rings. The Hall–Kier alpha value is -4.01. The molecule has 17 heteroatoms. The number of β-lactam (4-membered cyclic amide) rings is 1. The molecule has 4 heterocycles. The number of carboxylic acids is 1. The Morgan fingerprint density at radius 3 is 2.84 bits per heavy atom. The fourth-order valence-electron chi connectivity index (χ4n) is 3.51. The summed E-state index contributed by atoms with van der Waals surface area (Å²) in [6, 6.07) is 1.41. The molecule has 0 spiro atoms. The number of oxime groups is 1. The van der Waals surface area contributed by atoms with Gasteiger partial charge in [-0.05, 0) is 17.3 Å². The Bertz CT molecular complexity index is 1400. The maximum atomic E-state index is 13.0. The summed E-state index contributed by atoms with van der Waals surface area (Å²) in [5.74, 6) is 0.800. The molecule has 1 fully saturated rings. The third-order valence-electron chi connectivity index (χ3n) is 5.24. The fourth-order valence-corrected chi connectivity index (χ4v) is 6.49. The van der Waals surface area contributed by atoms with Gasteiger partial charge in [0.1, 0.15) is 12.4 Å². The number of carbonyl (C=O) groups is 3. The van der Waals surface area contributed by atoms with Gasteiger partial charge in [0.15, 0.2) is 17.5 Å². The molecule has 2 amide bonds. The van der Waals surface area contributed by atoms with E-state index in [-0.39, 0.29) is 64.2 Å². The minimum Gasteiger partial charge on any atom is -0.543 e. The molecule has 1 unspecified atom stereocenters. The van der Waals surface area contributed by atoms with Crippen LogP contribution in [0.2, 0.25) is 0 Å². The van der Waals surface area contributed by atoms with Crippen molar-refractivity contribution in [2.24, 2.45) is 5.16 Å². The molecule has 14 nitrogen and oxygen atoms in total. The molecular weight excluding hydrogens is 554 g/mol. The van der Waals surface area contributed by atoms with Gasteiger partial charge in [0.25, 0.3) is 5.91 Å². The van der Waals surface area contributed by atoms with Crippen molar-refractivity contribution >= 4 is 75.1 Å². The number of anilines is 3. The van der Waals surface area contributed by atoms with E-state index in [0.717, 1.165) is 23.1 Å². The molecule has 1 atom stereocenters. The molecule has 0 saturated carbocycles. The van der Waals surface area contributed by atoms with Crippen LogP contribution in [0.5, 0.6) is 0 Å². The fraction of sp³-hybridized carbons (Fsp3) is 0.286. The number of amides is 2. The number of hydrogen-bond acceptors (Lipinski definition) is 14. The Morgan fingerprint density at radius 2 is 2.18 bits per heavy atom. The zero-order valence-corrected chi connectivity index (χ0v) is 22.0. The number of aromatic nitrogens is 3. The van der Waals surface area contributed by atoms with Gasteiger partial charge in [-0.3, -0.25) is 14.5 Å². The summed E-state index contributed by atoms with van der Waals surface area (Å²) in [4.78, 5) is 51.3. The highest BCUT2D eigenvalue weighted by atomic mass is 32.2. The summed E-state index contributed by atoms with van der Waals surface area (Å²) in [7, 11) is 0. The third-order valence-corrected chi connectivity index (χ3v) is 8.26. The number of thioether (sulfide) groups is 2. The van der Waals surface area contributed by atoms with Crippen LogP contribution in [0.3, 0.4) is 0 Å². The zero-order valence-electron chi connectivity index (χ0n) is 19.6. The number of nitrogen functional groups attached to an aromatic ring is 3. The van der Waals surface area contributed by atoms with Gasteiger partial charge in [0.2, 0.25) is 17.5 Å². The molecule has 2 aromatic rings. The smallest absolute Gasteiger partial charge is 0.302 e. The quantitative estimate of drug-likeness (QED) is 0.0357. The summed E-state index contributed by atoms with van der Waals surface area (Å²) < 4.78 is 1.47. The van der Waals surface area contributed by atoms with Crippen molar-refractivity contribution < 1.29 is 28.9 Å². The first-order valence-corrected chi connectivity index (χ1v) is 13.7. The van der Waals surface area contributed by atoms with Crippen molar-refractivity contribution in [2.45, 2.75) is 23.6 Å². The SMILES string of the molecule is C#CCO/N=C(\C(=O)NC[n+]1c(N)cc(N)nc1SCC1=C(C(=O)[O-])N2C(=O)CC2SC1)c1csc(N)n1. The Morgan fingerprint density at radius 1 is 1.39 bits per heavy atom. The Labute approximate surface area is 228 Å². The van der Waals surface area contributed by atoms with Crippen molar-refractivity contribution in [2.75, 3.05) is 35.3 Å². The number of carbonyl (C=O) groups excluding carboxylic acids is 3. The van der Waals surface area contributed by atoms with Gasteiger partial charge >= 0.3 is 5.16 Å². The Balaban J connectivity index is 1.53. The first-order valence-electron chi connectivity index (χ1n) is 10.8. The minimum atomic E-state index is -1.42. The van der Waals surface area contributed by atoms with Crippen LogP contribution in [0.4, 0.5) is 16.8 Å². The summed E-state index contributed by atoms with van der Waals surface area (Å²) in [6.07, 6.45) is 5.46. The van der Waals surface area contributed by atoms with Crippen LogP contribution in [-0.4, -0.2) is 61.8 Å². The summed E-state index contributed by atoms with van der Waals surface area (Å²) in [5, 5.41) is 20.1. The molecule has 4 rings (SSSR count). The van der Waals surface area contributed by atoms with Gasteiger partial charge in [-0.15, -0.1) is 29.5 Å². The highest BCUT2D eigenvalue weighted by Gasteiger charge is 2.43. The third kappa shape index (κ3) is 5.77. The average molecular weight is 576 g/mol. The largest absolute Gasteiger partial charge is 0.543 e. The molecule has 0 aliphatic carbocycles. The minimum absolute atomic E-state index is 0.121. The number of carboxylic acid groups (broad SMARTS) is 1. The van der Waals surface area contributed by atoms with Crippen molar-refractivity contribution in [3.05, 3.63) is 28.4 Å². The second-order valence-electron chi connectivity index (χ2n) is 7.73. The van der Waals surface area contributed by atoms with Gasteiger partial charge in [-0.25, -0.2) is 9.55 Å². The number of nitrogens with one attached hydrogen (secondary N) is 1. The lowest BCUT2D eigenvalue weighted by Crippen LogP contribution is -2.56. The second kappa shape index (κ2) is 11.6. The first-order chi connectivity index (χ1) is 18.2. The lowest BCUT2D eigenvalue weighted by Gasteiger charge is -2.45. The molecule has 0 aromatic carbocycles. The molecule has 38 heavy (non-hydrogen) atoms. The van der Waals surface area contributed by atoms with E-state index in [9.17, 15) is 19.5 Å². The number of rotatable bonds is 10. The Kier molecular flexibility index (Phi) is 8.24. The predicted octanol–water partition coefficient (Wildman–Crippen LogP) is -1.90. The monoisotopic (exact) mass is 575 g/mol. The number of hydrogen-bond donors (Lipinski definition) is 4. The van der Waals surface area contributed by atoms with Gasteiger partial charge in [-0.2, -0.15) is 0 Å². The summed E-state index contributed by atoms with van der Waals surface area (Å²) in [6.45, 7) is -0.311. The summed E-state index contributed by atoms with van der Waals surface area (Å²) >= 11 is 3.74. The highest BCUT2D eigenvalue weighted by Crippen LogP contribution is 2.40. The average Bonchev–Trinajstić information content (AvgIpc) is 3.29. The van der Waals surface area contributed by atoms with Gasteiger partial charge in [-0.1, -0.05) is 16.1 Å². The number of nitrogens with two attached hydrogens (primary N) is 3. The zero-order chi connectivity index (χ0) is 27.4. The molecular formula is C21H21N9O5S3. The van der Waals surface area contributed by atoms with Gasteiger partial charge in [0.05, 0.1) is 29.5 Å². The molecule has 0 bridgehead atoms. The molecule has 2 aromatic heterocycles. The first kappa shape index (κ1) is 27.0. The number of terminal acetylenes is 1. The summed E-state index contributed by atoms with van der Waals surface area (Å²) in [5.41, 5.74) is 18.1. The number of thiazole rings is 1. The van der Waals surface area contributed by atoms with E-state index in [2.05, 4.69) is 26.4 Å². The molecule has 198 valence electrons. The van der Waals surface area contributed by atoms with Crippen molar-refractivity contribution in [1.82, 2.24) is 20.2 Å². The normalized spacial score (nSPS) is 16.9. The topological polar surface area (TPSA) is 219 Å². The van der Waals surface area contributed by atoms with Crippen molar-refractivity contribution in [3.63, 3.8) is 0 Å². The molecule has 1 saturated heterocycles. The number of fused-ring (bicyclic) bond motifs is 1. The van der Waals surface area contributed by atoms with E-state index >= 15 is 0 Å². The van der Waals surface area contributed by atoms with Crippen LogP contribution in [0.1, 0.15) is 12.1 Å². The van der Waals surface area contributed by atoms with Crippen LogP contribution < -0.4 is 32.2 Å². The maximum absolute atomic E-state index is 13.0. The van der Waals surface area contributed by atoms with E-state index < -0.39 is 11.9 Å². The number of nitrogens with zero attached hydrogens (tertiary/aromatic N) is 5. The standard InChI is InChI=1S/C21H21N9O5S3/c1-2-3-35-28-16(11-8-37-20(24)26-11)18(32)25-9-29-13(23)4-12(22)27-21(29)38-7-10-6-36-15-5-14(31)30(15)17(10)19(33)34/h1,4,8,15H,3,5-7,9H2,(H7,22,23,24,25,26,32,33,34)/b28-16-. The van der Waals surface area contributed by atoms with Gasteiger partial charge < -0.3 is 37.3 Å². The van der Waals surface area contributed by atoms with Gasteiger partial charge in [0, 0.05) is 16.9 Å². The van der Waals surface area contributed by atoms with Crippen LogP contribution >= 0.6 is 34.9 Å². The lowest BCUT2D eigenvalue weighted by atomic mass is 10.1. The van der Waals surface area contributed by atoms with Crippen LogP contribution in [0.25, 0.3) is 0 Å². The molecule has 2 aliphatic heterocycles. The number of aliphatic carboxylic acids is 1. The van der Waals surface area contributed by atoms with Crippen molar-refractivity contribution in [3.8, 4) is 12.3 Å². The lowest BCUT2D eigenvalue weighted by molar-refractivity contribution is -0.725. The van der Waals surface area contributed by atoms with Crippen LogP contribution in [0.15, 0.2) is 33.0 Å². The molecule has 7 N–H and O–H groups in total. The van der Waals surface area contributed by atoms with Crippen LogP contribution in [0, 0.1) is 12.3 Å². The van der Waals surface area contributed by atoms with E-state index in [1.807, 2.05) is 0 Å². The maximum Gasteiger partial charge on any atom is 0.302 e. The molecule has 0 radical (unpaired) electrons. The van der Waals surface area contributed by atoms with E-state index in [1.54, 1.807) is 5.38 Å². The van der Waals surface area contributed by atoms with E-state index in [0.29, 0.717) is 22.9 Å². The van der Waals surface area contributed by atoms with Crippen molar-refractivity contribution in [1.29, 1.82) is 0 Å². The van der Waals surface area contributed by atoms with Crippen LogP contribution in [-0.2, 0) is 25.9 Å². The predicted molar refractivity (Wildman–Crippen MR) is 140 cm³/mol. The second-order valence-corrected chi connectivity index (χ2v) is 10.7.